The predicted octanol–water partition coefficient (Wildman–Crippen LogP) is 2.72. The smallest absolute Gasteiger partial charge is 0.328 e. The number of carboxylic acid groups (broad SMARTS) is 1. The highest BCUT2D eigenvalue weighted by Gasteiger charge is 2.05. The topological polar surface area (TPSA) is 55.8 Å². The number of benzene rings is 1. The molecular weight excluding hydrogens is 232 g/mol. The van der Waals surface area contributed by atoms with Crippen LogP contribution >= 0.6 is 0 Å². The minimum absolute atomic E-state index is 0.132. The molecule has 0 fully saturated rings. The molecule has 0 radical (unpaired) electrons. The predicted molar refractivity (Wildman–Crippen MR) is 69.6 cm³/mol. The molecule has 0 aliphatic rings. The average molecular weight is 250 g/mol. The van der Waals surface area contributed by atoms with Crippen molar-refractivity contribution in [2.24, 2.45) is 0 Å². The first-order valence-corrected chi connectivity index (χ1v) is 5.72. The molecule has 18 heavy (non-hydrogen) atoms. The number of methoxy groups -OCH3 is 1. The van der Waals surface area contributed by atoms with Gasteiger partial charge in [-0.25, -0.2) is 4.79 Å². The SMILES string of the molecule is COc1ccc(C=CC(=O)O)cc1COC(C)C. The lowest BCUT2D eigenvalue weighted by molar-refractivity contribution is -0.131. The van der Waals surface area contributed by atoms with Crippen molar-refractivity contribution in [3.8, 4) is 5.75 Å². The molecule has 1 aromatic rings. The first-order chi connectivity index (χ1) is 8.52. The minimum Gasteiger partial charge on any atom is -0.496 e. The zero-order valence-corrected chi connectivity index (χ0v) is 10.8. The Balaban J connectivity index is 2.90. The lowest BCUT2D eigenvalue weighted by Gasteiger charge is -2.12. The number of hydrogen-bond donors (Lipinski definition) is 1. The van der Waals surface area contributed by atoms with Crippen molar-refractivity contribution in [3.05, 3.63) is 35.4 Å². The van der Waals surface area contributed by atoms with Gasteiger partial charge in [0.2, 0.25) is 0 Å². The third-order valence-electron chi connectivity index (χ3n) is 2.29. The fourth-order valence-corrected chi connectivity index (χ4v) is 1.44. The lowest BCUT2D eigenvalue weighted by Crippen LogP contribution is -2.03. The second kappa shape index (κ2) is 6.81. The number of hydrogen-bond acceptors (Lipinski definition) is 3. The monoisotopic (exact) mass is 250 g/mol. The molecule has 1 aromatic carbocycles. The summed E-state index contributed by atoms with van der Waals surface area (Å²) in [5, 5.41) is 8.58. The summed E-state index contributed by atoms with van der Waals surface area (Å²) in [7, 11) is 1.60. The molecule has 0 heterocycles. The van der Waals surface area contributed by atoms with Gasteiger partial charge in [0.25, 0.3) is 0 Å². The van der Waals surface area contributed by atoms with Gasteiger partial charge in [-0.05, 0) is 37.6 Å². The van der Waals surface area contributed by atoms with Crippen LogP contribution in [-0.4, -0.2) is 24.3 Å². The Labute approximate surface area is 107 Å². The van der Waals surface area contributed by atoms with Crippen molar-refractivity contribution in [1.29, 1.82) is 0 Å². The van der Waals surface area contributed by atoms with Crippen LogP contribution in [0.2, 0.25) is 0 Å². The Kier molecular flexibility index (Phi) is 5.39. The molecule has 0 unspecified atom stereocenters. The van der Waals surface area contributed by atoms with Gasteiger partial charge >= 0.3 is 5.97 Å². The largest absolute Gasteiger partial charge is 0.496 e. The molecule has 0 bridgehead atoms. The fourth-order valence-electron chi connectivity index (χ4n) is 1.44. The van der Waals surface area contributed by atoms with Crippen LogP contribution in [0.1, 0.15) is 25.0 Å². The Morgan fingerprint density at radius 2 is 2.17 bits per heavy atom. The molecular formula is C14H18O4. The van der Waals surface area contributed by atoms with Gasteiger partial charge in [-0.2, -0.15) is 0 Å². The van der Waals surface area contributed by atoms with Crippen LogP contribution < -0.4 is 4.74 Å². The molecule has 0 aliphatic heterocycles. The molecule has 0 saturated carbocycles. The van der Waals surface area contributed by atoms with Crippen molar-refractivity contribution in [2.75, 3.05) is 7.11 Å². The Morgan fingerprint density at radius 3 is 2.72 bits per heavy atom. The molecule has 0 spiro atoms. The molecule has 98 valence electrons. The number of rotatable bonds is 6. The van der Waals surface area contributed by atoms with Crippen LogP contribution in [0.5, 0.6) is 5.75 Å². The maximum Gasteiger partial charge on any atom is 0.328 e. The maximum atomic E-state index is 10.5. The van der Waals surface area contributed by atoms with Gasteiger partial charge in [-0.1, -0.05) is 6.07 Å². The van der Waals surface area contributed by atoms with Crippen LogP contribution in [0.25, 0.3) is 6.08 Å². The van der Waals surface area contributed by atoms with Gasteiger partial charge in [0.1, 0.15) is 5.75 Å². The Bertz CT molecular complexity index is 435. The summed E-state index contributed by atoms with van der Waals surface area (Å²) < 4.78 is 10.8. The molecule has 4 heteroatoms. The van der Waals surface area contributed by atoms with E-state index in [1.54, 1.807) is 25.3 Å². The third kappa shape index (κ3) is 4.59. The summed E-state index contributed by atoms with van der Waals surface area (Å²) in [6.45, 7) is 4.36. The molecule has 4 nitrogen and oxygen atoms in total. The van der Waals surface area contributed by atoms with Gasteiger partial charge in [0.15, 0.2) is 0 Å². The second-order valence-corrected chi connectivity index (χ2v) is 4.10. The molecule has 1 rings (SSSR count). The molecule has 1 N–H and O–H groups in total. The van der Waals surface area contributed by atoms with E-state index in [-0.39, 0.29) is 6.10 Å². The molecule has 0 aliphatic carbocycles. The van der Waals surface area contributed by atoms with E-state index in [0.717, 1.165) is 23.0 Å². The molecule has 0 amide bonds. The average Bonchev–Trinajstić information content (AvgIpc) is 2.33. The van der Waals surface area contributed by atoms with Crippen molar-refractivity contribution >= 4 is 12.0 Å². The van der Waals surface area contributed by atoms with E-state index in [9.17, 15) is 4.79 Å². The highest BCUT2D eigenvalue weighted by atomic mass is 16.5. The number of carboxylic acids is 1. The second-order valence-electron chi connectivity index (χ2n) is 4.10. The van der Waals surface area contributed by atoms with Crippen LogP contribution in [0.4, 0.5) is 0 Å². The molecule has 0 aromatic heterocycles. The fraction of sp³-hybridized carbons (Fsp3) is 0.357. The van der Waals surface area contributed by atoms with E-state index in [0.29, 0.717) is 6.61 Å². The maximum absolute atomic E-state index is 10.5. The first-order valence-electron chi connectivity index (χ1n) is 5.72. The van der Waals surface area contributed by atoms with Crippen LogP contribution in [0.15, 0.2) is 24.3 Å². The minimum atomic E-state index is -0.967. The van der Waals surface area contributed by atoms with Gasteiger partial charge in [0.05, 0.1) is 19.8 Å². The summed E-state index contributed by atoms with van der Waals surface area (Å²) >= 11 is 0. The number of aliphatic carboxylic acids is 1. The molecule has 0 saturated heterocycles. The standard InChI is InChI=1S/C14H18O4/c1-10(2)18-9-12-8-11(5-7-14(15)16)4-6-13(12)17-3/h4-8,10H,9H2,1-3H3,(H,15,16). The van der Waals surface area contributed by atoms with Crippen molar-refractivity contribution in [3.63, 3.8) is 0 Å². The van der Waals surface area contributed by atoms with Gasteiger partial charge < -0.3 is 14.6 Å². The van der Waals surface area contributed by atoms with E-state index >= 15 is 0 Å². The van der Waals surface area contributed by atoms with Crippen LogP contribution in [-0.2, 0) is 16.1 Å². The third-order valence-corrected chi connectivity index (χ3v) is 2.29. The van der Waals surface area contributed by atoms with E-state index in [1.807, 2.05) is 19.9 Å². The van der Waals surface area contributed by atoms with Crippen molar-refractivity contribution in [1.82, 2.24) is 0 Å². The Hall–Kier alpha value is -1.81. The van der Waals surface area contributed by atoms with Crippen LogP contribution in [0.3, 0.4) is 0 Å². The van der Waals surface area contributed by atoms with E-state index in [2.05, 4.69) is 0 Å². The van der Waals surface area contributed by atoms with Gasteiger partial charge in [-0.3, -0.25) is 0 Å². The summed E-state index contributed by atoms with van der Waals surface area (Å²) in [4.78, 5) is 10.5. The quantitative estimate of drug-likeness (QED) is 0.789. The van der Waals surface area contributed by atoms with Crippen LogP contribution in [0, 0.1) is 0 Å². The Morgan fingerprint density at radius 1 is 1.44 bits per heavy atom. The van der Waals surface area contributed by atoms with Gasteiger partial charge in [-0.15, -0.1) is 0 Å². The highest BCUT2D eigenvalue weighted by Crippen LogP contribution is 2.22. The zero-order valence-electron chi connectivity index (χ0n) is 10.8. The summed E-state index contributed by atoms with van der Waals surface area (Å²) in [6, 6.07) is 5.47. The number of ether oxygens (including phenoxy) is 2. The van der Waals surface area contributed by atoms with Gasteiger partial charge in [0, 0.05) is 11.6 Å². The molecule has 0 atom stereocenters. The highest BCUT2D eigenvalue weighted by molar-refractivity contribution is 5.85. The zero-order chi connectivity index (χ0) is 13.5. The van der Waals surface area contributed by atoms with Crippen molar-refractivity contribution in [2.45, 2.75) is 26.6 Å². The first kappa shape index (κ1) is 14.3. The summed E-state index contributed by atoms with van der Waals surface area (Å²) in [6.07, 6.45) is 2.78. The normalized spacial score (nSPS) is 11.1. The van der Waals surface area contributed by atoms with E-state index in [1.165, 1.54) is 0 Å². The van der Waals surface area contributed by atoms with Crippen molar-refractivity contribution < 1.29 is 19.4 Å². The summed E-state index contributed by atoms with van der Waals surface area (Å²) in [5.41, 5.74) is 1.71. The lowest BCUT2D eigenvalue weighted by atomic mass is 10.1. The van der Waals surface area contributed by atoms with E-state index in [4.69, 9.17) is 14.6 Å². The van der Waals surface area contributed by atoms with E-state index < -0.39 is 5.97 Å². The number of carbonyl (C=O) groups is 1. The summed E-state index contributed by atoms with van der Waals surface area (Å²) in [5.74, 6) is -0.228.